The van der Waals surface area contributed by atoms with E-state index in [1.807, 2.05) is 4.90 Å². The Morgan fingerprint density at radius 1 is 1.23 bits per heavy atom. The average molecular weight is 356 g/mol. The number of carbonyl (C=O) groups is 1. The van der Waals surface area contributed by atoms with Gasteiger partial charge in [-0.25, -0.2) is 4.98 Å². The standard InChI is InChI=1S/C18H20N4O4/c23-14-11-22(17-10-19-4-5-20-17)6-3-13(14)21-18(24)12-1-2-15-16(9-12)26-8-7-25-15/h1-2,4-5,9-10,13-14,23H,3,6-8,11H2,(H,21,24)/t13-,14-/m1/s1. The van der Waals surface area contributed by atoms with Crippen LogP contribution in [-0.2, 0) is 0 Å². The number of aliphatic hydroxyl groups is 1. The van der Waals surface area contributed by atoms with E-state index < -0.39 is 6.10 Å². The predicted molar refractivity (Wildman–Crippen MR) is 93.6 cm³/mol. The van der Waals surface area contributed by atoms with Gasteiger partial charge in [-0.1, -0.05) is 0 Å². The van der Waals surface area contributed by atoms with E-state index in [0.717, 1.165) is 5.82 Å². The first-order valence-corrected chi connectivity index (χ1v) is 8.60. The summed E-state index contributed by atoms with van der Waals surface area (Å²) in [5.74, 6) is 1.70. The molecule has 3 heterocycles. The van der Waals surface area contributed by atoms with Crippen LogP contribution in [0.4, 0.5) is 5.82 Å². The van der Waals surface area contributed by atoms with Crippen molar-refractivity contribution in [2.45, 2.75) is 18.6 Å². The smallest absolute Gasteiger partial charge is 0.251 e. The maximum atomic E-state index is 12.5. The number of hydrogen-bond acceptors (Lipinski definition) is 7. The van der Waals surface area contributed by atoms with Crippen molar-refractivity contribution < 1.29 is 19.4 Å². The molecule has 1 saturated heterocycles. The summed E-state index contributed by atoms with van der Waals surface area (Å²) < 4.78 is 11.0. The molecule has 136 valence electrons. The van der Waals surface area contributed by atoms with Crippen molar-refractivity contribution in [1.82, 2.24) is 15.3 Å². The Morgan fingerprint density at radius 3 is 2.85 bits per heavy atom. The lowest BCUT2D eigenvalue weighted by Crippen LogP contribution is -2.54. The second kappa shape index (κ2) is 7.17. The SMILES string of the molecule is O=C(N[C@@H]1CCN(c2cnccn2)C[C@H]1O)c1ccc2c(c1)OCCO2. The van der Waals surface area contributed by atoms with Gasteiger partial charge in [-0.15, -0.1) is 0 Å². The largest absolute Gasteiger partial charge is 0.486 e. The molecule has 2 atom stereocenters. The fourth-order valence-corrected chi connectivity index (χ4v) is 3.20. The van der Waals surface area contributed by atoms with Crippen molar-refractivity contribution in [3.8, 4) is 11.5 Å². The Bertz CT molecular complexity index is 786. The molecule has 1 aromatic heterocycles. The number of ether oxygens (including phenoxy) is 2. The molecular weight excluding hydrogens is 336 g/mol. The van der Waals surface area contributed by atoms with Crippen LogP contribution < -0.4 is 19.7 Å². The number of carbonyl (C=O) groups excluding carboxylic acids is 1. The molecule has 0 unspecified atom stereocenters. The summed E-state index contributed by atoms with van der Waals surface area (Å²) in [6, 6.07) is 4.79. The Labute approximate surface area is 150 Å². The molecule has 0 bridgehead atoms. The van der Waals surface area contributed by atoms with Gasteiger partial charge in [-0.2, -0.15) is 0 Å². The zero-order valence-electron chi connectivity index (χ0n) is 14.2. The number of fused-ring (bicyclic) bond motifs is 1. The summed E-state index contributed by atoms with van der Waals surface area (Å²) in [5.41, 5.74) is 0.484. The maximum absolute atomic E-state index is 12.5. The van der Waals surface area contributed by atoms with Crippen molar-refractivity contribution in [2.24, 2.45) is 0 Å². The highest BCUT2D eigenvalue weighted by molar-refractivity contribution is 5.95. The van der Waals surface area contributed by atoms with Crippen molar-refractivity contribution in [3.05, 3.63) is 42.4 Å². The lowest BCUT2D eigenvalue weighted by Gasteiger charge is -2.36. The van der Waals surface area contributed by atoms with Gasteiger partial charge in [0, 0.05) is 31.0 Å². The molecule has 4 rings (SSSR count). The van der Waals surface area contributed by atoms with Crippen LogP contribution in [0, 0.1) is 0 Å². The predicted octanol–water partition coefficient (Wildman–Crippen LogP) is 0.617. The molecule has 26 heavy (non-hydrogen) atoms. The van der Waals surface area contributed by atoms with Crippen LogP contribution in [0.1, 0.15) is 16.8 Å². The van der Waals surface area contributed by atoms with E-state index in [1.54, 1.807) is 36.8 Å². The number of amides is 1. The van der Waals surface area contributed by atoms with Crippen LogP contribution in [0.5, 0.6) is 11.5 Å². The van der Waals surface area contributed by atoms with Crippen LogP contribution in [0.3, 0.4) is 0 Å². The van der Waals surface area contributed by atoms with Crippen molar-refractivity contribution in [3.63, 3.8) is 0 Å². The molecule has 0 radical (unpaired) electrons. The van der Waals surface area contributed by atoms with Crippen molar-refractivity contribution >= 4 is 11.7 Å². The summed E-state index contributed by atoms with van der Waals surface area (Å²) in [7, 11) is 0. The second-order valence-corrected chi connectivity index (χ2v) is 6.30. The number of aromatic nitrogens is 2. The third kappa shape index (κ3) is 3.41. The number of nitrogens with zero attached hydrogens (tertiary/aromatic N) is 3. The highest BCUT2D eigenvalue weighted by atomic mass is 16.6. The van der Waals surface area contributed by atoms with E-state index in [0.29, 0.717) is 49.8 Å². The molecule has 2 N–H and O–H groups in total. The number of piperidine rings is 1. The minimum Gasteiger partial charge on any atom is -0.486 e. The zero-order chi connectivity index (χ0) is 17.9. The lowest BCUT2D eigenvalue weighted by atomic mass is 10.0. The first-order valence-electron chi connectivity index (χ1n) is 8.60. The molecule has 2 aliphatic heterocycles. The van der Waals surface area contributed by atoms with Crippen LogP contribution in [0.25, 0.3) is 0 Å². The molecule has 1 aromatic carbocycles. The molecule has 0 saturated carbocycles. The van der Waals surface area contributed by atoms with Crippen LogP contribution in [-0.4, -0.2) is 59.4 Å². The highest BCUT2D eigenvalue weighted by Gasteiger charge is 2.30. The average Bonchev–Trinajstić information content (AvgIpc) is 2.69. The third-order valence-electron chi connectivity index (χ3n) is 4.58. The molecule has 0 spiro atoms. The number of aliphatic hydroxyl groups excluding tert-OH is 1. The summed E-state index contributed by atoms with van der Waals surface area (Å²) in [6.07, 6.45) is 4.83. The Hall–Kier alpha value is -2.87. The van der Waals surface area contributed by atoms with Gasteiger partial charge in [0.05, 0.1) is 18.3 Å². The Kier molecular flexibility index (Phi) is 4.57. The number of anilines is 1. The number of benzene rings is 1. The number of hydrogen-bond donors (Lipinski definition) is 2. The monoisotopic (exact) mass is 356 g/mol. The Balaban J connectivity index is 1.39. The molecule has 2 aliphatic rings. The van der Waals surface area contributed by atoms with E-state index >= 15 is 0 Å². The molecule has 1 amide bonds. The van der Waals surface area contributed by atoms with Crippen LogP contribution in [0.2, 0.25) is 0 Å². The first-order chi connectivity index (χ1) is 12.7. The molecule has 8 nitrogen and oxygen atoms in total. The van der Waals surface area contributed by atoms with Gasteiger partial charge in [0.2, 0.25) is 0 Å². The lowest BCUT2D eigenvalue weighted by molar-refractivity contribution is 0.0796. The van der Waals surface area contributed by atoms with Gasteiger partial charge in [-0.05, 0) is 24.6 Å². The fraction of sp³-hybridized carbons (Fsp3) is 0.389. The number of β-amino-alcohol motifs (C(OH)–C–C–N with tert-alkyl or cyclic N) is 1. The van der Waals surface area contributed by atoms with Gasteiger partial charge in [-0.3, -0.25) is 9.78 Å². The van der Waals surface area contributed by atoms with E-state index in [-0.39, 0.29) is 11.9 Å². The van der Waals surface area contributed by atoms with Crippen molar-refractivity contribution in [1.29, 1.82) is 0 Å². The second-order valence-electron chi connectivity index (χ2n) is 6.30. The van der Waals surface area contributed by atoms with E-state index in [4.69, 9.17) is 9.47 Å². The highest BCUT2D eigenvalue weighted by Crippen LogP contribution is 2.30. The van der Waals surface area contributed by atoms with E-state index in [1.165, 1.54) is 0 Å². The number of nitrogens with one attached hydrogen (secondary N) is 1. The summed E-state index contributed by atoms with van der Waals surface area (Å²) in [5, 5.41) is 13.4. The molecule has 1 fully saturated rings. The van der Waals surface area contributed by atoms with Gasteiger partial charge < -0.3 is 24.8 Å². The number of rotatable bonds is 3. The summed E-state index contributed by atoms with van der Waals surface area (Å²) in [4.78, 5) is 22.8. The summed E-state index contributed by atoms with van der Waals surface area (Å²) >= 11 is 0. The molecule has 2 aromatic rings. The van der Waals surface area contributed by atoms with Crippen molar-refractivity contribution in [2.75, 3.05) is 31.2 Å². The topological polar surface area (TPSA) is 96.8 Å². The minimum atomic E-state index is -0.688. The Morgan fingerprint density at radius 2 is 2.08 bits per heavy atom. The van der Waals surface area contributed by atoms with Crippen LogP contribution in [0.15, 0.2) is 36.8 Å². The van der Waals surface area contributed by atoms with Gasteiger partial charge in [0.15, 0.2) is 11.5 Å². The van der Waals surface area contributed by atoms with Gasteiger partial charge >= 0.3 is 0 Å². The van der Waals surface area contributed by atoms with Gasteiger partial charge in [0.25, 0.3) is 5.91 Å². The quantitative estimate of drug-likeness (QED) is 0.832. The van der Waals surface area contributed by atoms with E-state index in [2.05, 4.69) is 15.3 Å². The van der Waals surface area contributed by atoms with Crippen LogP contribution >= 0.6 is 0 Å². The maximum Gasteiger partial charge on any atom is 0.251 e. The molecule has 0 aliphatic carbocycles. The fourth-order valence-electron chi connectivity index (χ4n) is 3.20. The normalized spacial score (nSPS) is 22.0. The molecule has 8 heteroatoms. The van der Waals surface area contributed by atoms with E-state index in [9.17, 15) is 9.90 Å². The third-order valence-corrected chi connectivity index (χ3v) is 4.58. The summed E-state index contributed by atoms with van der Waals surface area (Å²) in [6.45, 7) is 2.05. The minimum absolute atomic E-state index is 0.237. The molecular formula is C18H20N4O4. The first kappa shape index (κ1) is 16.6. The van der Waals surface area contributed by atoms with Gasteiger partial charge in [0.1, 0.15) is 19.0 Å². The zero-order valence-corrected chi connectivity index (χ0v) is 14.2.